The average molecular weight is 255 g/mol. The Hall–Kier alpha value is -1.52. The number of carboxylic acid groups (broad SMARTS) is 1. The van der Waals surface area contributed by atoms with Crippen LogP contribution < -0.4 is 5.32 Å². The van der Waals surface area contributed by atoms with Gasteiger partial charge in [-0.25, -0.2) is 4.79 Å². The molecule has 5 heteroatoms. The van der Waals surface area contributed by atoms with Crippen molar-refractivity contribution >= 4 is 12.1 Å². The van der Waals surface area contributed by atoms with Crippen LogP contribution in [-0.2, 0) is 9.53 Å². The summed E-state index contributed by atoms with van der Waals surface area (Å²) >= 11 is 0. The molecule has 0 aromatic heterocycles. The van der Waals surface area contributed by atoms with Crippen molar-refractivity contribution in [1.82, 2.24) is 5.32 Å². The van der Waals surface area contributed by atoms with Gasteiger partial charge in [-0.15, -0.1) is 0 Å². The largest absolute Gasteiger partial charge is 0.481 e. The van der Waals surface area contributed by atoms with Crippen molar-refractivity contribution in [3.8, 4) is 0 Å². The van der Waals surface area contributed by atoms with E-state index < -0.39 is 29.6 Å². The molecule has 0 saturated heterocycles. The van der Waals surface area contributed by atoms with Gasteiger partial charge in [-0.1, -0.05) is 11.6 Å². The second-order valence-corrected chi connectivity index (χ2v) is 5.67. The summed E-state index contributed by atoms with van der Waals surface area (Å²) in [6, 6.07) is -0.494. The summed E-state index contributed by atoms with van der Waals surface area (Å²) in [5.74, 6) is -1.47. The molecule has 1 rings (SSSR count). The zero-order valence-electron chi connectivity index (χ0n) is 11.3. The summed E-state index contributed by atoms with van der Waals surface area (Å²) in [4.78, 5) is 22.8. The number of allylic oxidation sites excluding steroid dienone is 1. The molecule has 1 aliphatic rings. The van der Waals surface area contributed by atoms with Crippen LogP contribution in [0.4, 0.5) is 4.79 Å². The third-order valence-corrected chi connectivity index (χ3v) is 2.75. The summed E-state index contributed by atoms with van der Waals surface area (Å²) in [7, 11) is 0. The Morgan fingerprint density at radius 2 is 2.06 bits per heavy atom. The fourth-order valence-corrected chi connectivity index (χ4v) is 1.93. The van der Waals surface area contributed by atoms with Crippen LogP contribution in [0.1, 0.15) is 40.5 Å². The van der Waals surface area contributed by atoms with Crippen LogP contribution in [0.2, 0.25) is 0 Å². The molecule has 0 heterocycles. The number of amides is 1. The van der Waals surface area contributed by atoms with Gasteiger partial charge in [0, 0.05) is 0 Å². The summed E-state index contributed by atoms with van der Waals surface area (Å²) < 4.78 is 5.13. The maximum Gasteiger partial charge on any atom is 0.408 e. The van der Waals surface area contributed by atoms with Crippen LogP contribution in [0.15, 0.2) is 11.6 Å². The SMILES string of the molecule is CC1=CC(NC(=O)OC(C)(C)C)C(C(=O)O)CC1. The van der Waals surface area contributed by atoms with E-state index in [2.05, 4.69) is 5.32 Å². The lowest BCUT2D eigenvalue weighted by atomic mass is 9.86. The molecule has 0 fully saturated rings. The van der Waals surface area contributed by atoms with Crippen molar-refractivity contribution in [2.45, 2.75) is 52.2 Å². The van der Waals surface area contributed by atoms with E-state index in [1.54, 1.807) is 26.8 Å². The van der Waals surface area contributed by atoms with Gasteiger partial charge < -0.3 is 15.2 Å². The van der Waals surface area contributed by atoms with Crippen LogP contribution in [-0.4, -0.2) is 28.8 Å². The maximum absolute atomic E-state index is 11.6. The van der Waals surface area contributed by atoms with E-state index in [9.17, 15) is 9.59 Å². The number of carbonyl (C=O) groups excluding carboxylic acids is 1. The van der Waals surface area contributed by atoms with E-state index in [0.717, 1.165) is 12.0 Å². The Morgan fingerprint density at radius 3 is 2.56 bits per heavy atom. The van der Waals surface area contributed by atoms with Gasteiger partial charge in [0.15, 0.2) is 0 Å². The minimum Gasteiger partial charge on any atom is -0.481 e. The molecule has 5 nitrogen and oxygen atoms in total. The van der Waals surface area contributed by atoms with Gasteiger partial charge in [-0.2, -0.15) is 0 Å². The Morgan fingerprint density at radius 1 is 1.44 bits per heavy atom. The van der Waals surface area contributed by atoms with Crippen molar-refractivity contribution in [3.05, 3.63) is 11.6 Å². The predicted molar refractivity (Wildman–Crippen MR) is 67.3 cm³/mol. The quantitative estimate of drug-likeness (QED) is 0.742. The lowest BCUT2D eigenvalue weighted by Gasteiger charge is -2.28. The highest BCUT2D eigenvalue weighted by Crippen LogP contribution is 2.24. The molecule has 18 heavy (non-hydrogen) atoms. The predicted octanol–water partition coefficient (Wildman–Crippen LogP) is 2.32. The van der Waals surface area contributed by atoms with Crippen LogP contribution in [0.3, 0.4) is 0 Å². The number of carbonyl (C=O) groups is 2. The first-order chi connectivity index (χ1) is 8.19. The van der Waals surface area contributed by atoms with Gasteiger partial charge in [0.2, 0.25) is 0 Å². The lowest BCUT2D eigenvalue weighted by Crippen LogP contribution is -2.45. The van der Waals surface area contributed by atoms with E-state index in [4.69, 9.17) is 9.84 Å². The molecule has 1 amide bonds. The van der Waals surface area contributed by atoms with Crippen LogP contribution in [0.5, 0.6) is 0 Å². The lowest BCUT2D eigenvalue weighted by molar-refractivity contribution is -0.142. The fraction of sp³-hybridized carbons (Fsp3) is 0.692. The Bertz CT molecular complexity index is 368. The summed E-state index contributed by atoms with van der Waals surface area (Å²) in [5, 5.41) is 11.7. The van der Waals surface area contributed by atoms with E-state index in [1.165, 1.54) is 0 Å². The first-order valence-corrected chi connectivity index (χ1v) is 6.08. The molecular weight excluding hydrogens is 234 g/mol. The number of hydrogen-bond donors (Lipinski definition) is 2. The van der Waals surface area contributed by atoms with Gasteiger partial charge >= 0.3 is 12.1 Å². The molecule has 2 atom stereocenters. The monoisotopic (exact) mass is 255 g/mol. The zero-order valence-corrected chi connectivity index (χ0v) is 11.3. The van der Waals surface area contributed by atoms with Crippen molar-refractivity contribution < 1.29 is 19.4 Å². The molecule has 102 valence electrons. The normalized spacial score (nSPS) is 24.1. The minimum atomic E-state index is -0.889. The molecule has 0 spiro atoms. The van der Waals surface area contributed by atoms with Crippen LogP contribution >= 0.6 is 0 Å². The smallest absolute Gasteiger partial charge is 0.408 e. The number of alkyl carbamates (subject to hydrolysis) is 1. The van der Waals surface area contributed by atoms with E-state index in [-0.39, 0.29) is 0 Å². The van der Waals surface area contributed by atoms with Crippen molar-refractivity contribution in [1.29, 1.82) is 0 Å². The first-order valence-electron chi connectivity index (χ1n) is 6.08. The molecular formula is C13H21NO4. The molecule has 2 unspecified atom stereocenters. The number of rotatable bonds is 2. The van der Waals surface area contributed by atoms with Gasteiger partial charge in [0.05, 0.1) is 12.0 Å². The van der Waals surface area contributed by atoms with Crippen molar-refractivity contribution in [3.63, 3.8) is 0 Å². The highest BCUT2D eigenvalue weighted by atomic mass is 16.6. The van der Waals surface area contributed by atoms with Gasteiger partial charge in [0.1, 0.15) is 5.60 Å². The molecule has 2 N–H and O–H groups in total. The molecule has 1 aliphatic carbocycles. The van der Waals surface area contributed by atoms with Crippen molar-refractivity contribution in [2.24, 2.45) is 5.92 Å². The summed E-state index contributed by atoms with van der Waals surface area (Å²) in [6.07, 6.45) is 2.51. The van der Waals surface area contributed by atoms with Gasteiger partial charge in [-0.3, -0.25) is 4.79 Å². The van der Waals surface area contributed by atoms with E-state index in [0.29, 0.717) is 6.42 Å². The second kappa shape index (κ2) is 5.42. The zero-order chi connectivity index (χ0) is 13.9. The molecule has 0 bridgehead atoms. The van der Waals surface area contributed by atoms with Gasteiger partial charge in [0.25, 0.3) is 0 Å². The topological polar surface area (TPSA) is 75.6 Å². The minimum absolute atomic E-state index is 0.494. The Balaban J connectivity index is 2.70. The third kappa shape index (κ3) is 4.39. The third-order valence-electron chi connectivity index (χ3n) is 2.75. The second-order valence-electron chi connectivity index (χ2n) is 5.67. The number of nitrogens with one attached hydrogen (secondary N) is 1. The number of carboxylic acids is 1. The maximum atomic E-state index is 11.6. The molecule has 0 aromatic carbocycles. The van der Waals surface area contributed by atoms with Gasteiger partial charge in [-0.05, 0) is 40.5 Å². The molecule has 0 saturated carbocycles. The average Bonchev–Trinajstić information content (AvgIpc) is 2.13. The molecule has 0 aromatic rings. The number of hydrogen-bond acceptors (Lipinski definition) is 3. The highest BCUT2D eigenvalue weighted by Gasteiger charge is 2.31. The van der Waals surface area contributed by atoms with Crippen LogP contribution in [0, 0.1) is 5.92 Å². The Labute approximate surface area is 107 Å². The fourth-order valence-electron chi connectivity index (χ4n) is 1.93. The first kappa shape index (κ1) is 14.5. The summed E-state index contributed by atoms with van der Waals surface area (Å²) in [5.41, 5.74) is 0.504. The van der Waals surface area contributed by atoms with E-state index in [1.807, 2.05) is 6.92 Å². The van der Waals surface area contributed by atoms with Crippen LogP contribution in [0.25, 0.3) is 0 Å². The standard InChI is InChI=1S/C13H21NO4/c1-8-5-6-9(11(15)16)10(7-8)14-12(17)18-13(2,3)4/h7,9-10H,5-6H2,1-4H3,(H,14,17)(H,15,16). The number of ether oxygens (including phenoxy) is 1. The highest BCUT2D eigenvalue weighted by molar-refractivity contribution is 5.74. The Kier molecular flexibility index (Phi) is 4.38. The molecule has 0 radical (unpaired) electrons. The summed E-state index contributed by atoms with van der Waals surface area (Å²) in [6.45, 7) is 7.23. The van der Waals surface area contributed by atoms with E-state index >= 15 is 0 Å². The molecule has 0 aliphatic heterocycles. The number of aliphatic carboxylic acids is 1. The van der Waals surface area contributed by atoms with Crippen molar-refractivity contribution in [2.75, 3.05) is 0 Å².